The molecule has 0 aliphatic heterocycles. The van der Waals surface area contributed by atoms with E-state index in [2.05, 4.69) is 24.4 Å². The summed E-state index contributed by atoms with van der Waals surface area (Å²) in [5, 5.41) is 3.19. The maximum atomic E-state index is 12.9. The number of benzene rings is 1. The number of nitrogen functional groups attached to an aromatic ring is 1. The average Bonchev–Trinajstić information content (AvgIpc) is 2.77. The maximum absolute atomic E-state index is 12.9. The number of nitrogens with zero attached hydrogens (tertiary/aromatic N) is 2. The lowest BCUT2D eigenvalue weighted by Crippen LogP contribution is -2.47. The zero-order valence-electron chi connectivity index (χ0n) is 20.0. The monoisotopic (exact) mass is 444 g/mol. The molecule has 174 valence electrons. The van der Waals surface area contributed by atoms with Gasteiger partial charge < -0.3 is 11.1 Å². The summed E-state index contributed by atoms with van der Waals surface area (Å²) in [6, 6.07) is 6.15. The molecule has 1 atom stereocenters. The van der Waals surface area contributed by atoms with E-state index in [-0.39, 0.29) is 11.8 Å². The second-order valence-corrected chi connectivity index (χ2v) is 11.6. The van der Waals surface area contributed by atoms with E-state index < -0.39 is 0 Å². The lowest BCUT2D eigenvalue weighted by molar-refractivity contribution is -0.119. The topological polar surface area (TPSA) is 80.9 Å². The first-order valence-corrected chi connectivity index (χ1v) is 13.0. The molecule has 5 heteroatoms. The van der Waals surface area contributed by atoms with Crippen LogP contribution in [-0.4, -0.2) is 15.9 Å². The van der Waals surface area contributed by atoms with E-state index >= 15 is 0 Å². The van der Waals surface area contributed by atoms with Gasteiger partial charge in [0.25, 0.3) is 0 Å². The van der Waals surface area contributed by atoms with Gasteiger partial charge in [-0.15, -0.1) is 0 Å². The predicted octanol–water partition coefficient (Wildman–Crippen LogP) is 5.57. The molecule has 1 aromatic heterocycles. The molecule has 5 nitrogen and oxygen atoms in total. The Morgan fingerprint density at radius 1 is 1.12 bits per heavy atom. The van der Waals surface area contributed by atoms with E-state index in [9.17, 15) is 4.79 Å². The number of rotatable bonds is 5. The summed E-state index contributed by atoms with van der Waals surface area (Å²) in [7, 11) is 0. The third kappa shape index (κ3) is 3.74. The fourth-order valence-electron chi connectivity index (χ4n) is 7.71. The van der Waals surface area contributed by atoms with Crippen molar-refractivity contribution < 1.29 is 4.79 Å². The predicted molar refractivity (Wildman–Crippen MR) is 132 cm³/mol. The van der Waals surface area contributed by atoms with Gasteiger partial charge >= 0.3 is 0 Å². The Balaban J connectivity index is 1.41. The molecule has 3 N–H and O–H groups in total. The summed E-state index contributed by atoms with van der Waals surface area (Å²) in [4.78, 5) is 23.2. The van der Waals surface area contributed by atoms with Crippen LogP contribution in [0.4, 0.5) is 11.5 Å². The number of aromatic nitrogens is 2. The Bertz CT molecular complexity index is 1070. The first kappa shape index (κ1) is 21.1. The SMILES string of the molecule is CCC(C)C(=O)Nc1nc2c(nc1CC13CC4CC(CC(C4)C1)C3)-c1ccc(N)cc1CC2. The molecule has 2 aromatic rings. The van der Waals surface area contributed by atoms with Crippen molar-refractivity contribution in [2.75, 3.05) is 11.1 Å². The smallest absolute Gasteiger partial charge is 0.228 e. The van der Waals surface area contributed by atoms with Crippen molar-refractivity contribution in [1.82, 2.24) is 9.97 Å². The van der Waals surface area contributed by atoms with Crippen molar-refractivity contribution in [2.24, 2.45) is 29.1 Å². The molecule has 33 heavy (non-hydrogen) atoms. The number of fused-ring (bicyclic) bond motifs is 3. The van der Waals surface area contributed by atoms with Crippen molar-refractivity contribution in [2.45, 2.75) is 78.1 Å². The lowest BCUT2D eigenvalue weighted by Gasteiger charge is -2.57. The van der Waals surface area contributed by atoms with Crippen molar-refractivity contribution in [3.63, 3.8) is 0 Å². The Hall–Kier alpha value is -2.43. The van der Waals surface area contributed by atoms with Gasteiger partial charge in [0, 0.05) is 17.2 Å². The van der Waals surface area contributed by atoms with Crippen LogP contribution in [-0.2, 0) is 24.1 Å². The first-order chi connectivity index (χ1) is 15.9. The Kier molecular flexibility index (Phi) is 5.00. The lowest BCUT2D eigenvalue weighted by atomic mass is 9.48. The van der Waals surface area contributed by atoms with Gasteiger partial charge in [-0.05, 0) is 105 Å². The third-order valence-electron chi connectivity index (χ3n) is 9.06. The fourth-order valence-corrected chi connectivity index (χ4v) is 7.71. The molecular formula is C28H36N4O. The summed E-state index contributed by atoms with van der Waals surface area (Å²) in [5.41, 5.74) is 12.6. The van der Waals surface area contributed by atoms with Crippen LogP contribution in [0, 0.1) is 29.1 Å². The third-order valence-corrected chi connectivity index (χ3v) is 9.06. The van der Waals surface area contributed by atoms with Crippen LogP contribution in [0.25, 0.3) is 11.3 Å². The second-order valence-electron chi connectivity index (χ2n) is 11.6. The molecule has 1 amide bonds. The summed E-state index contributed by atoms with van der Waals surface area (Å²) in [6.07, 6.45) is 11.8. The molecule has 1 aromatic carbocycles. The highest BCUT2D eigenvalue weighted by Crippen LogP contribution is 2.61. The maximum Gasteiger partial charge on any atom is 0.228 e. The van der Waals surface area contributed by atoms with Gasteiger partial charge in [-0.25, -0.2) is 9.97 Å². The number of amides is 1. The minimum Gasteiger partial charge on any atom is -0.399 e. The van der Waals surface area contributed by atoms with Gasteiger partial charge in [0.1, 0.15) is 0 Å². The molecule has 0 saturated heterocycles. The Morgan fingerprint density at radius 2 is 1.82 bits per heavy atom. The molecule has 1 unspecified atom stereocenters. The van der Waals surface area contributed by atoms with Crippen LogP contribution in [0.3, 0.4) is 0 Å². The van der Waals surface area contributed by atoms with Crippen LogP contribution < -0.4 is 11.1 Å². The molecule has 0 radical (unpaired) electrons. The number of nitrogens with one attached hydrogen (secondary N) is 1. The summed E-state index contributed by atoms with van der Waals surface area (Å²) >= 11 is 0. The van der Waals surface area contributed by atoms with Gasteiger partial charge in [-0.1, -0.05) is 19.9 Å². The van der Waals surface area contributed by atoms with E-state index in [4.69, 9.17) is 15.7 Å². The first-order valence-electron chi connectivity index (χ1n) is 13.0. The van der Waals surface area contributed by atoms with Gasteiger partial charge in [0.05, 0.1) is 17.1 Å². The highest BCUT2D eigenvalue weighted by molar-refractivity contribution is 5.92. The van der Waals surface area contributed by atoms with Crippen LogP contribution in [0.1, 0.15) is 75.7 Å². The zero-order valence-corrected chi connectivity index (χ0v) is 20.0. The highest BCUT2D eigenvalue weighted by Gasteiger charge is 2.51. The molecular weight excluding hydrogens is 408 g/mol. The summed E-state index contributed by atoms with van der Waals surface area (Å²) in [6.45, 7) is 4.04. The largest absolute Gasteiger partial charge is 0.399 e. The minimum atomic E-state index is -0.0288. The number of nitrogens with two attached hydrogens (primary N) is 1. The molecule has 4 bridgehead atoms. The van der Waals surface area contributed by atoms with E-state index in [1.165, 1.54) is 44.1 Å². The van der Waals surface area contributed by atoms with E-state index in [0.717, 1.165) is 71.8 Å². The summed E-state index contributed by atoms with van der Waals surface area (Å²) < 4.78 is 0. The molecule has 5 aliphatic carbocycles. The summed E-state index contributed by atoms with van der Waals surface area (Å²) in [5.74, 6) is 3.42. The van der Waals surface area contributed by atoms with Gasteiger partial charge in [-0.3, -0.25) is 4.79 Å². The number of carbonyl (C=O) groups excluding carboxylic acids is 1. The molecule has 1 heterocycles. The average molecular weight is 445 g/mol. The van der Waals surface area contributed by atoms with Crippen molar-refractivity contribution in [3.8, 4) is 11.3 Å². The Labute approximate surface area is 197 Å². The number of hydrogen-bond acceptors (Lipinski definition) is 4. The van der Waals surface area contributed by atoms with E-state index in [1.807, 2.05) is 13.0 Å². The van der Waals surface area contributed by atoms with Crippen LogP contribution in [0.15, 0.2) is 18.2 Å². The highest BCUT2D eigenvalue weighted by atomic mass is 16.1. The van der Waals surface area contributed by atoms with Crippen molar-refractivity contribution in [1.29, 1.82) is 0 Å². The van der Waals surface area contributed by atoms with Crippen LogP contribution in [0.2, 0.25) is 0 Å². The number of hydrogen-bond donors (Lipinski definition) is 2. The number of aryl methyl sites for hydroxylation is 2. The van der Waals surface area contributed by atoms with E-state index in [1.54, 1.807) is 0 Å². The van der Waals surface area contributed by atoms with Crippen LogP contribution in [0.5, 0.6) is 0 Å². The molecule has 4 fully saturated rings. The molecule has 5 aliphatic rings. The van der Waals surface area contributed by atoms with Crippen LogP contribution >= 0.6 is 0 Å². The second kappa shape index (κ2) is 7.82. The molecule has 4 saturated carbocycles. The van der Waals surface area contributed by atoms with Crippen molar-refractivity contribution >= 4 is 17.4 Å². The standard InChI is InChI=1S/C28H36N4O/c1-3-16(2)27(33)32-26-24(15-28-12-17-8-18(13-28)10-19(9-17)14-28)30-25-22-6-5-21(29)11-20(22)4-7-23(25)31-26/h5-6,11,16-19H,3-4,7-10,12-15,29H2,1-2H3,(H,31,32,33). The van der Waals surface area contributed by atoms with Gasteiger partial charge in [0.15, 0.2) is 5.82 Å². The quantitative estimate of drug-likeness (QED) is 0.591. The molecule has 0 spiro atoms. The molecule has 7 rings (SSSR count). The Morgan fingerprint density at radius 3 is 2.48 bits per heavy atom. The normalized spacial score (nSPS) is 29.9. The van der Waals surface area contributed by atoms with Gasteiger partial charge in [0.2, 0.25) is 5.91 Å². The fraction of sp³-hybridized carbons (Fsp3) is 0.607. The number of anilines is 2. The zero-order chi connectivity index (χ0) is 22.7. The van der Waals surface area contributed by atoms with Gasteiger partial charge in [-0.2, -0.15) is 0 Å². The van der Waals surface area contributed by atoms with E-state index in [0.29, 0.717) is 11.2 Å². The minimum absolute atomic E-state index is 0.0288. The number of carbonyl (C=O) groups is 1. The van der Waals surface area contributed by atoms with Crippen molar-refractivity contribution in [3.05, 3.63) is 35.2 Å².